The van der Waals surface area contributed by atoms with E-state index in [9.17, 15) is 0 Å². The Hall–Kier alpha value is -0.830. The van der Waals surface area contributed by atoms with Gasteiger partial charge in [0, 0.05) is 31.4 Å². The summed E-state index contributed by atoms with van der Waals surface area (Å²) in [5.41, 5.74) is 0. The Labute approximate surface area is 117 Å². The first-order chi connectivity index (χ1) is 9.35. The maximum Gasteiger partial charge on any atom is 0.108 e. The third-order valence-electron chi connectivity index (χ3n) is 4.28. The summed E-state index contributed by atoms with van der Waals surface area (Å²) in [7, 11) is 0. The van der Waals surface area contributed by atoms with Crippen LogP contribution in [0.15, 0.2) is 12.4 Å². The van der Waals surface area contributed by atoms with Crippen LogP contribution < -0.4 is 5.32 Å². The van der Waals surface area contributed by atoms with Gasteiger partial charge in [0.05, 0.1) is 0 Å². The number of aryl methyl sites for hydroxylation is 1. The fourth-order valence-corrected chi connectivity index (χ4v) is 3.26. The third kappa shape index (κ3) is 4.07. The number of aromatic nitrogens is 2. The predicted octanol–water partition coefficient (Wildman–Crippen LogP) is 3.39. The van der Waals surface area contributed by atoms with Crippen molar-refractivity contribution >= 4 is 0 Å². The Morgan fingerprint density at radius 1 is 1.26 bits per heavy atom. The van der Waals surface area contributed by atoms with Crippen molar-refractivity contribution in [3.63, 3.8) is 0 Å². The first kappa shape index (κ1) is 14.6. The number of nitrogens with zero attached hydrogens (tertiary/aromatic N) is 2. The van der Waals surface area contributed by atoms with Gasteiger partial charge >= 0.3 is 0 Å². The van der Waals surface area contributed by atoms with Gasteiger partial charge in [-0.2, -0.15) is 0 Å². The molecule has 1 aromatic rings. The topological polar surface area (TPSA) is 29.9 Å². The van der Waals surface area contributed by atoms with Crippen molar-refractivity contribution < 1.29 is 0 Å². The van der Waals surface area contributed by atoms with Crippen LogP contribution >= 0.6 is 0 Å². The van der Waals surface area contributed by atoms with Crippen LogP contribution in [0.3, 0.4) is 0 Å². The van der Waals surface area contributed by atoms with E-state index >= 15 is 0 Å². The quantitative estimate of drug-likeness (QED) is 0.817. The van der Waals surface area contributed by atoms with E-state index in [0.29, 0.717) is 6.04 Å². The van der Waals surface area contributed by atoms with Gasteiger partial charge in [-0.3, -0.25) is 0 Å². The summed E-state index contributed by atoms with van der Waals surface area (Å²) in [6.07, 6.45) is 13.1. The minimum atomic E-state index is 0.709. The highest BCUT2D eigenvalue weighted by Crippen LogP contribution is 2.27. The first-order valence-corrected chi connectivity index (χ1v) is 8.08. The molecule has 2 rings (SSSR count). The zero-order chi connectivity index (χ0) is 13.5. The van der Waals surface area contributed by atoms with E-state index in [1.807, 2.05) is 6.20 Å². The lowest BCUT2D eigenvalue weighted by Crippen LogP contribution is -2.40. The third-order valence-corrected chi connectivity index (χ3v) is 4.28. The van der Waals surface area contributed by atoms with E-state index in [2.05, 4.69) is 34.9 Å². The average molecular weight is 263 g/mol. The fourth-order valence-electron chi connectivity index (χ4n) is 3.26. The fraction of sp³-hybridized carbons (Fsp3) is 0.812. The van der Waals surface area contributed by atoms with Crippen molar-refractivity contribution in [1.82, 2.24) is 14.9 Å². The highest BCUT2D eigenvalue weighted by atomic mass is 15.1. The number of hydrogen-bond donors (Lipinski definition) is 1. The Kier molecular flexibility index (Phi) is 5.90. The van der Waals surface area contributed by atoms with Crippen molar-refractivity contribution in [2.24, 2.45) is 5.92 Å². The Morgan fingerprint density at radius 2 is 2.11 bits per heavy atom. The Balaban J connectivity index is 1.96. The van der Waals surface area contributed by atoms with Gasteiger partial charge in [-0.05, 0) is 38.1 Å². The summed E-state index contributed by atoms with van der Waals surface area (Å²) in [4.78, 5) is 4.58. The van der Waals surface area contributed by atoms with E-state index in [-0.39, 0.29) is 0 Å². The molecule has 1 fully saturated rings. The smallest absolute Gasteiger partial charge is 0.108 e. The Bertz CT molecular complexity index is 359. The molecule has 1 aliphatic rings. The number of rotatable bonds is 7. The second kappa shape index (κ2) is 7.68. The Morgan fingerprint density at radius 3 is 2.89 bits per heavy atom. The van der Waals surface area contributed by atoms with Crippen LogP contribution in [0.5, 0.6) is 0 Å². The maximum absolute atomic E-state index is 4.58. The minimum absolute atomic E-state index is 0.709. The van der Waals surface area contributed by atoms with E-state index in [4.69, 9.17) is 0 Å². The van der Waals surface area contributed by atoms with Gasteiger partial charge in [0.2, 0.25) is 0 Å². The van der Waals surface area contributed by atoms with Crippen LogP contribution in [0.1, 0.15) is 58.2 Å². The van der Waals surface area contributed by atoms with Crippen molar-refractivity contribution in [1.29, 1.82) is 0 Å². The van der Waals surface area contributed by atoms with E-state index < -0.39 is 0 Å². The van der Waals surface area contributed by atoms with Gasteiger partial charge in [-0.25, -0.2) is 4.98 Å². The van der Waals surface area contributed by atoms with Gasteiger partial charge in [-0.1, -0.05) is 26.7 Å². The standard InChI is InChI=1S/C16H29N3/c1-3-9-17-15-8-6-5-7-14(15)13-16-18-10-12-19(16)11-4-2/h10,12,14-15,17H,3-9,11,13H2,1-2H3. The minimum Gasteiger partial charge on any atom is -0.335 e. The molecule has 1 saturated carbocycles. The molecule has 0 aromatic carbocycles. The monoisotopic (exact) mass is 263 g/mol. The number of hydrogen-bond acceptors (Lipinski definition) is 2. The highest BCUT2D eigenvalue weighted by molar-refractivity contribution is 4.97. The van der Waals surface area contributed by atoms with Crippen LogP contribution in [-0.4, -0.2) is 22.1 Å². The second-order valence-electron chi connectivity index (χ2n) is 5.85. The lowest BCUT2D eigenvalue weighted by atomic mass is 9.82. The van der Waals surface area contributed by atoms with Crippen molar-refractivity contribution in [3.8, 4) is 0 Å². The van der Waals surface area contributed by atoms with E-state index in [1.54, 1.807) is 0 Å². The molecule has 1 heterocycles. The number of nitrogens with one attached hydrogen (secondary N) is 1. The van der Waals surface area contributed by atoms with E-state index in [1.165, 1.54) is 44.3 Å². The molecule has 19 heavy (non-hydrogen) atoms. The van der Waals surface area contributed by atoms with Gasteiger partial charge in [0.15, 0.2) is 0 Å². The molecule has 2 unspecified atom stereocenters. The highest BCUT2D eigenvalue weighted by Gasteiger charge is 2.25. The van der Waals surface area contributed by atoms with Gasteiger partial charge in [0.1, 0.15) is 5.82 Å². The summed E-state index contributed by atoms with van der Waals surface area (Å²) < 4.78 is 2.34. The molecule has 0 spiro atoms. The normalized spacial score (nSPS) is 23.7. The van der Waals surface area contributed by atoms with E-state index in [0.717, 1.165) is 25.4 Å². The lowest BCUT2D eigenvalue weighted by Gasteiger charge is -2.32. The SMILES string of the molecule is CCCNC1CCCCC1Cc1nccn1CCC. The van der Waals surface area contributed by atoms with Crippen LogP contribution in [0.2, 0.25) is 0 Å². The molecule has 0 radical (unpaired) electrons. The molecule has 1 aliphatic carbocycles. The summed E-state index contributed by atoms with van der Waals surface area (Å²) in [6, 6.07) is 0.709. The second-order valence-corrected chi connectivity index (χ2v) is 5.85. The molecule has 108 valence electrons. The molecular formula is C16H29N3. The van der Waals surface area contributed by atoms with Gasteiger partial charge in [0.25, 0.3) is 0 Å². The lowest BCUT2D eigenvalue weighted by molar-refractivity contribution is 0.256. The van der Waals surface area contributed by atoms with Crippen molar-refractivity contribution in [3.05, 3.63) is 18.2 Å². The molecule has 0 saturated heterocycles. The van der Waals surface area contributed by atoms with Crippen LogP contribution in [0.4, 0.5) is 0 Å². The van der Waals surface area contributed by atoms with Gasteiger partial charge in [-0.15, -0.1) is 0 Å². The molecule has 0 aliphatic heterocycles. The molecular weight excluding hydrogens is 234 g/mol. The molecule has 0 amide bonds. The predicted molar refractivity (Wildman–Crippen MR) is 80.3 cm³/mol. The van der Waals surface area contributed by atoms with Crippen LogP contribution in [-0.2, 0) is 13.0 Å². The summed E-state index contributed by atoms with van der Waals surface area (Å²) in [5, 5.41) is 3.75. The van der Waals surface area contributed by atoms with Crippen molar-refractivity contribution in [2.75, 3.05) is 6.54 Å². The first-order valence-electron chi connectivity index (χ1n) is 8.08. The zero-order valence-corrected chi connectivity index (χ0v) is 12.6. The zero-order valence-electron chi connectivity index (χ0n) is 12.6. The molecule has 3 nitrogen and oxygen atoms in total. The van der Waals surface area contributed by atoms with Crippen LogP contribution in [0, 0.1) is 5.92 Å². The van der Waals surface area contributed by atoms with Crippen LogP contribution in [0.25, 0.3) is 0 Å². The summed E-state index contributed by atoms with van der Waals surface area (Å²) in [6.45, 7) is 6.74. The number of imidazole rings is 1. The average Bonchev–Trinajstić information content (AvgIpc) is 2.86. The molecule has 2 atom stereocenters. The molecule has 1 aromatic heterocycles. The summed E-state index contributed by atoms with van der Waals surface area (Å²) in [5.74, 6) is 2.07. The largest absolute Gasteiger partial charge is 0.335 e. The summed E-state index contributed by atoms with van der Waals surface area (Å²) >= 11 is 0. The molecule has 0 bridgehead atoms. The van der Waals surface area contributed by atoms with Crippen molar-refractivity contribution in [2.45, 2.75) is 71.4 Å². The maximum atomic E-state index is 4.58. The molecule has 3 heteroatoms. The van der Waals surface area contributed by atoms with Gasteiger partial charge < -0.3 is 9.88 Å². The molecule has 1 N–H and O–H groups in total.